The first kappa shape index (κ1) is 24.4. The maximum atomic E-state index is 3.74. The van der Waals surface area contributed by atoms with Gasteiger partial charge in [0.25, 0.3) is 0 Å². The Labute approximate surface area is 246 Å². The maximum Gasteiger partial charge on any atom is 0.0714 e. The summed E-state index contributed by atoms with van der Waals surface area (Å²) in [6.07, 6.45) is 0. The van der Waals surface area contributed by atoms with Crippen LogP contribution in [0, 0.1) is 0 Å². The lowest BCUT2D eigenvalue weighted by molar-refractivity contribution is 0.769. The van der Waals surface area contributed by atoms with Crippen molar-refractivity contribution >= 4 is 22.1 Å². The molecule has 0 saturated heterocycles. The largest absolute Gasteiger partial charge is 0.355 e. The Balaban J connectivity index is 1.24. The van der Waals surface area contributed by atoms with E-state index in [1.165, 1.54) is 55.3 Å². The van der Waals surface area contributed by atoms with Crippen LogP contribution in [0.15, 0.2) is 170 Å². The zero-order valence-corrected chi connectivity index (χ0v) is 23.2. The molecule has 0 amide bonds. The van der Waals surface area contributed by atoms with Gasteiger partial charge in [-0.2, -0.15) is 0 Å². The van der Waals surface area contributed by atoms with E-state index in [4.69, 9.17) is 0 Å². The zero-order chi connectivity index (χ0) is 27.9. The predicted octanol–water partition coefficient (Wildman–Crippen LogP) is 10.6. The minimum atomic E-state index is -0.399. The molecular weight excluding hydrogens is 506 g/mol. The topological polar surface area (TPSA) is 12.0 Å². The Morgan fingerprint density at radius 2 is 0.905 bits per heavy atom. The van der Waals surface area contributed by atoms with Crippen molar-refractivity contribution in [2.24, 2.45) is 0 Å². The Kier molecular flexibility index (Phi) is 5.75. The molecule has 7 aromatic rings. The summed E-state index contributed by atoms with van der Waals surface area (Å²) in [5, 5.41) is 6.19. The molecule has 0 aromatic heterocycles. The molecule has 42 heavy (non-hydrogen) atoms. The molecular formula is C41H29N. The lowest BCUT2D eigenvalue weighted by atomic mass is 9.67. The van der Waals surface area contributed by atoms with Crippen LogP contribution in [0.25, 0.3) is 33.0 Å². The van der Waals surface area contributed by atoms with Crippen LogP contribution in [-0.4, -0.2) is 0 Å². The van der Waals surface area contributed by atoms with E-state index in [-0.39, 0.29) is 0 Å². The number of rotatable bonds is 5. The summed E-state index contributed by atoms with van der Waals surface area (Å²) in [5.41, 5.74) is 12.0. The van der Waals surface area contributed by atoms with Crippen molar-refractivity contribution < 1.29 is 0 Å². The molecule has 1 aliphatic rings. The van der Waals surface area contributed by atoms with E-state index >= 15 is 0 Å². The van der Waals surface area contributed by atoms with Crippen LogP contribution in [-0.2, 0) is 5.41 Å². The van der Waals surface area contributed by atoms with Gasteiger partial charge < -0.3 is 5.32 Å². The summed E-state index contributed by atoms with van der Waals surface area (Å²) in [5.74, 6) is 0. The van der Waals surface area contributed by atoms with Crippen LogP contribution in [0.4, 0.5) is 11.4 Å². The summed E-state index contributed by atoms with van der Waals surface area (Å²) >= 11 is 0. The Morgan fingerprint density at radius 3 is 1.64 bits per heavy atom. The Hall–Kier alpha value is -5.40. The van der Waals surface area contributed by atoms with Crippen molar-refractivity contribution in [3.8, 4) is 22.3 Å². The number of benzene rings is 7. The quantitative estimate of drug-likeness (QED) is 0.231. The standard InChI is InChI=1S/C41H29N/c1-4-12-29(13-5-1)30-20-21-32-27-35(23-22-31(32)26-30)42-36-24-25-38-37-18-10-11-19-39(37)41(40(38)28-36,33-14-6-2-7-15-33)34-16-8-3-9-17-34/h1-28,42H. The van der Waals surface area contributed by atoms with E-state index in [2.05, 4.69) is 175 Å². The molecule has 0 radical (unpaired) electrons. The molecule has 7 aromatic carbocycles. The monoisotopic (exact) mass is 535 g/mol. The van der Waals surface area contributed by atoms with Gasteiger partial charge >= 0.3 is 0 Å². The van der Waals surface area contributed by atoms with Crippen molar-refractivity contribution in [3.05, 3.63) is 192 Å². The molecule has 1 heteroatoms. The molecule has 0 aliphatic heterocycles. The molecule has 1 aliphatic carbocycles. The average molecular weight is 536 g/mol. The number of anilines is 2. The van der Waals surface area contributed by atoms with E-state index in [0.717, 1.165) is 11.4 Å². The molecule has 0 saturated carbocycles. The fourth-order valence-corrected chi connectivity index (χ4v) is 6.82. The average Bonchev–Trinajstić information content (AvgIpc) is 3.36. The maximum absolute atomic E-state index is 3.74. The SMILES string of the molecule is c1ccc(-c2ccc3cc(Nc4ccc5c(c4)C(c4ccccc4)(c4ccccc4)c4ccccc4-5)ccc3c2)cc1. The molecule has 198 valence electrons. The third-order valence-electron chi connectivity index (χ3n) is 8.69. The van der Waals surface area contributed by atoms with E-state index in [0.29, 0.717) is 0 Å². The van der Waals surface area contributed by atoms with E-state index in [9.17, 15) is 0 Å². The van der Waals surface area contributed by atoms with Crippen LogP contribution in [0.2, 0.25) is 0 Å². The Bertz CT molecular complexity index is 2000. The van der Waals surface area contributed by atoms with Gasteiger partial charge in [-0.15, -0.1) is 0 Å². The van der Waals surface area contributed by atoms with Crippen molar-refractivity contribution in [2.75, 3.05) is 5.32 Å². The molecule has 0 fully saturated rings. The fourth-order valence-electron chi connectivity index (χ4n) is 6.82. The van der Waals surface area contributed by atoms with Gasteiger partial charge in [0, 0.05) is 11.4 Å². The van der Waals surface area contributed by atoms with Gasteiger partial charge in [-0.3, -0.25) is 0 Å². The zero-order valence-electron chi connectivity index (χ0n) is 23.2. The molecule has 0 heterocycles. The van der Waals surface area contributed by atoms with Crippen molar-refractivity contribution in [2.45, 2.75) is 5.41 Å². The Morgan fingerprint density at radius 1 is 0.357 bits per heavy atom. The van der Waals surface area contributed by atoms with E-state index in [1.807, 2.05) is 0 Å². The molecule has 1 nitrogen and oxygen atoms in total. The molecule has 0 atom stereocenters. The lowest BCUT2D eigenvalue weighted by Gasteiger charge is -2.34. The van der Waals surface area contributed by atoms with Crippen LogP contribution in [0.1, 0.15) is 22.3 Å². The van der Waals surface area contributed by atoms with Gasteiger partial charge in [0.1, 0.15) is 0 Å². The summed E-state index contributed by atoms with van der Waals surface area (Å²) < 4.78 is 0. The summed E-state index contributed by atoms with van der Waals surface area (Å²) in [7, 11) is 0. The van der Waals surface area contributed by atoms with Crippen LogP contribution in [0.5, 0.6) is 0 Å². The van der Waals surface area contributed by atoms with Gasteiger partial charge in [-0.05, 0) is 85.6 Å². The third-order valence-corrected chi connectivity index (χ3v) is 8.69. The number of nitrogens with one attached hydrogen (secondary N) is 1. The van der Waals surface area contributed by atoms with Gasteiger partial charge in [-0.1, -0.05) is 140 Å². The van der Waals surface area contributed by atoms with Crippen LogP contribution < -0.4 is 5.32 Å². The summed E-state index contributed by atoms with van der Waals surface area (Å²) in [6.45, 7) is 0. The highest BCUT2D eigenvalue weighted by atomic mass is 14.9. The highest BCUT2D eigenvalue weighted by molar-refractivity contribution is 5.91. The second kappa shape index (κ2) is 9.90. The van der Waals surface area contributed by atoms with Gasteiger partial charge in [0.15, 0.2) is 0 Å². The summed E-state index contributed by atoms with van der Waals surface area (Å²) in [6, 6.07) is 61.5. The first-order valence-electron chi connectivity index (χ1n) is 14.5. The molecule has 1 N–H and O–H groups in total. The number of hydrogen-bond donors (Lipinski definition) is 1. The van der Waals surface area contributed by atoms with Crippen LogP contribution in [0.3, 0.4) is 0 Å². The smallest absolute Gasteiger partial charge is 0.0714 e. The van der Waals surface area contributed by atoms with Gasteiger partial charge in [0.2, 0.25) is 0 Å². The van der Waals surface area contributed by atoms with Gasteiger partial charge in [0.05, 0.1) is 5.41 Å². The summed E-state index contributed by atoms with van der Waals surface area (Å²) in [4.78, 5) is 0. The van der Waals surface area contributed by atoms with Gasteiger partial charge in [-0.25, -0.2) is 0 Å². The third kappa shape index (κ3) is 3.86. The van der Waals surface area contributed by atoms with Crippen molar-refractivity contribution in [1.82, 2.24) is 0 Å². The number of fused-ring (bicyclic) bond motifs is 4. The molecule has 0 bridgehead atoms. The molecule has 0 spiro atoms. The lowest BCUT2D eigenvalue weighted by Crippen LogP contribution is -2.28. The van der Waals surface area contributed by atoms with Crippen LogP contribution >= 0.6 is 0 Å². The molecule has 8 rings (SSSR count). The second-order valence-corrected chi connectivity index (χ2v) is 11.1. The molecule has 0 unspecified atom stereocenters. The normalized spacial score (nSPS) is 13.0. The van der Waals surface area contributed by atoms with E-state index in [1.54, 1.807) is 0 Å². The number of hydrogen-bond acceptors (Lipinski definition) is 1. The fraction of sp³-hybridized carbons (Fsp3) is 0.0244. The van der Waals surface area contributed by atoms with Crippen molar-refractivity contribution in [3.63, 3.8) is 0 Å². The highest BCUT2D eigenvalue weighted by Crippen LogP contribution is 2.56. The second-order valence-electron chi connectivity index (χ2n) is 11.1. The van der Waals surface area contributed by atoms with E-state index < -0.39 is 5.41 Å². The first-order chi connectivity index (χ1) is 20.8. The van der Waals surface area contributed by atoms with Crippen molar-refractivity contribution in [1.29, 1.82) is 0 Å². The first-order valence-corrected chi connectivity index (χ1v) is 14.5. The minimum absolute atomic E-state index is 0.399. The highest BCUT2D eigenvalue weighted by Gasteiger charge is 2.45. The minimum Gasteiger partial charge on any atom is -0.355 e. The predicted molar refractivity (Wildman–Crippen MR) is 176 cm³/mol.